The molecule has 0 atom stereocenters. The maximum Gasteiger partial charge on any atom is 0.242 e. The predicted molar refractivity (Wildman–Crippen MR) is 84.0 cm³/mol. The van der Waals surface area contributed by atoms with Crippen LogP contribution in [-0.2, 0) is 16.6 Å². The number of nitrogens with one attached hydrogen (secondary N) is 1. The van der Waals surface area contributed by atoms with E-state index in [1.54, 1.807) is 44.1 Å². The Morgan fingerprint density at radius 2 is 2.10 bits per heavy atom. The second-order valence-electron chi connectivity index (χ2n) is 4.32. The molecule has 0 radical (unpaired) electrons. The minimum absolute atomic E-state index is 0.298. The molecule has 7 heteroatoms. The molecule has 0 aliphatic carbocycles. The van der Waals surface area contributed by atoms with Crippen molar-refractivity contribution in [3.63, 3.8) is 0 Å². The summed E-state index contributed by atoms with van der Waals surface area (Å²) < 4.78 is 31.5. The largest absolute Gasteiger partial charge is 0.496 e. The van der Waals surface area contributed by atoms with E-state index in [-0.39, 0.29) is 0 Å². The molecule has 0 aliphatic heterocycles. The summed E-state index contributed by atoms with van der Waals surface area (Å²) >= 11 is 1.62. The number of benzene rings is 1. The number of hydrogen-bond donors (Lipinski definition) is 1. The molecule has 0 spiro atoms. The predicted octanol–water partition coefficient (Wildman–Crippen LogP) is 1.40. The summed E-state index contributed by atoms with van der Waals surface area (Å²) in [6.45, 7) is 1.05. The number of ether oxygens (including phenoxy) is 1. The fourth-order valence-electron chi connectivity index (χ4n) is 1.76. The molecule has 0 saturated heterocycles. The first-order valence-corrected chi connectivity index (χ1v) is 9.07. The van der Waals surface area contributed by atoms with E-state index >= 15 is 0 Å². The lowest BCUT2D eigenvalue weighted by Crippen LogP contribution is -2.29. The molecule has 0 heterocycles. The van der Waals surface area contributed by atoms with Gasteiger partial charge in [-0.25, -0.2) is 12.7 Å². The van der Waals surface area contributed by atoms with E-state index < -0.39 is 10.0 Å². The Balaban J connectivity index is 3.09. The van der Waals surface area contributed by atoms with Crippen LogP contribution in [0.5, 0.6) is 5.75 Å². The minimum Gasteiger partial charge on any atom is -0.496 e. The molecule has 5 nitrogen and oxygen atoms in total. The molecule has 1 N–H and O–H groups in total. The van der Waals surface area contributed by atoms with Gasteiger partial charge in [0, 0.05) is 31.5 Å². The zero-order valence-corrected chi connectivity index (χ0v) is 14.0. The summed E-state index contributed by atoms with van der Waals surface area (Å²) in [7, 11) is 1.55. The lowest BCUT2D eigenvalue weighted by Gasteiger charge is -2.18. The van der Waals surface area contributed by atoms with Gasteiger partial charge in [0.15, 0.2) is 0 Å². The van der Waals surface area contributed by atoms with Gasteiger partial charge in [-0.2, -0.15) is 11.8 Å². The number of hydrogen-bond acceptors (Lipinski definition) is 5. The monoisotopic (exact) mass is 318 g/mol. The molecule has 1 aromatic rings. The highest BCUT2D eigenvalue weighted by atomic mass is 32.2. The fraction of sp³-hybridized carbons (Fsp3) is 0.538. The van der Waals surface area contributed by atoms with Gasteiger partial charge in [-0.05, 0) is 31.5 Å². The second-order valence-corrected chi connectivity index (χ2v) is 7.35. The van der Waals surface area contributed by atoms with Crippen LogP contribution in [0.2, 0.25) is 0 Å². The Hall–Kier alpha value is -0.760. The van der Waals surface area contributed by atoms with E-state index in [1.807, 2.05) is 13.3 Å². The highest BCUT2D eigenvalue weighted by Crippen LogP contribution is 2.24. The average molecular weight is 318 g/mol. The summed E-state index contributed by atoms with van der Waals surface area (Å²) in [6.07, 6.45) is 1.96. The highest BCUT2D eigenvalue weighted by molar-refractivity contribution is 7.98. The number of rotatable bonds is 8. The number of thioether (sulfide) groups is 1. The van der Waals surface area contributed by atoms with Crippen LogP contribution in [-0.4, -0.2) is 52.5 Å². The van der Waals surface area contributed by atoms with Gasteiger partial charge in [0.1, 0.15) is 5.75 Å². The van der Waals surface area contributed by atoms with E-state index in [0.717, 1.165) is 11.3 Å². The third kappa shape index (κ3) is 4.12. The van der Waals surface area contributed by atoms with E-state index in [0.29, 0.717) is 23.7 Å². The van der Waals surface area contributed by atoms with Gasteiger partial charge in [0.05, 0.1) is 12.0 Å². The first kappa shape index (κ1) is 17.3. The van der Waals surface area contributed by atoms with Crippen molar-refractivity contribution < 1.29 is 13.2 Å². The minimum atomic E-state index is -3.44. The number of nitrogens with zero attached hydrogens (tertiary/aromatic N) is 1. The molecule has 0 saturated carbocycles. The van der Waals surface area contributed by atoms with Crippen LogP contribution in [0.1, 0.15) is 5.56 Å². The van der Waals surface area contributed by atoms with Gasteiger partial charge in [-0.1, -0.05) is 0 Å². The van der Waals surface area contributed by atoms with Gasteiger partial charge in [-0.15, -0.1) is 0 Å². The molecule has 0 unspecified atom stereocenters. The highest BCUT2D eigenvalue weighted by Gasteiger charge is 2.21. The molecule has 114 valence electrons. The van der Waals surface area contributed by atoms with Crippen molar-refractivity contribution in [1.82, 2.24) is 9.62 Å². The van der Waals surface area contributed by atoms with E-state index in [1.165, 1.54) is 4.31 Å². The smallest absolute Gasteiger partial charge is 0.242 e. The van der Waals surface area contributed by atoms with Crippen LogP contribution in [0.3, 0.4) is 0 Å². The first-order chi connectivity index (χ1) is 9.47. The Bertz CT molecular complexity index is 532. The van der Waals surface area contributed by atoms with Crippen LogP contribution in [0.4, 0.5) is 0 Å². The molecular formula is C13H22N2O3S2. The molecule has 0 aromatic heterocycles. The Kier molecular flexibility index (Phi) is 6.81. The van der Waals surface area contributed by atoms with Crippen molar-refractivity contribution in [2.75, 3.05) is 39.8 Å². The summed E-state index contributed by atoms with van der Waals surface area (Å²) in [6, 6.07) is 4.95. The van der Waals surface area contributed by atoms with Gasteiger partial charge >= 0.3 is 0 Å². The second kappa shape index (κ2) is 7.87. The molecule has 0 amide bonds. The van der Waals surface area contributed by atoms with Crippen LogP contribution in [0, 0.1) is 0 Å². The van der Waals surface area contributed by atoms with Crippen molar-refractivity contribution in [1.29, 1.82) is 0 Å². The Labute approximate surface area is 125 Å². The van der Waals surface area contributed by atoms with Crippen molar-refractivity contribution >= 4 is 21.8 Å². The topological polar surface area (TPSA) is 58.6 Å². The van der Waals surface area contributed by atoms with Crippen molar-refractivity contribution in [2.45, 2.75) is 11.4 Å². The van der Waals surface area contributed by atoms with Crippen molar-refractivity contribution in [2.24, 2.45) is 0 Å². The molecule has 20 heavy (non-hydrogen) atoms. The van der Waals surface area contributed by atoms with E-state index in [2.05, 4.69) is 5.32 Å². The van der Waals surface area contributed by atoms with Crippen LogP contribution >= 0.6 is 11.8 Å². The summed E-state index contributed by atoms with van der Waals surface area (Å²) in [5, 5.41) is 3.01. The van der Waals surface area contributed by atoms with E-state index in [4.69, 9.17) is 4.74 Å². The Morgan fingerprint density at radius 1 is 1.40 bits per heavy atom. The molecule has 0 bridgehead atoms. The molecular weight excluding hydrogens is 296 g/mol. The zero-order chi connectivity index (χ0) is 15.2. The first-order valence-electron chi connectivity index (χ1n) is 6.24. The molecule has 1 rings (SSSR count). The SMILES string of the molecule is CNCc1cc(S(=O)(=O)N(C)CCSC)ccc1OC. The summed E-state index contributed by atoms with van der Waals surface area (Å²) in [4.78, 5) is 0.298. The maximum absolute atomic E-state index is 12.4. The third-order valence-corrected chi connectivity index (χ3v) is 5.38. The average Bonchev–Trinajstić information content (AvgIpc) is 2.44. The normalized spacial score (nSPS) is 11.8. The fourth-order valence-corrected chi connectivity index (χ4v) is 3.56. The lowest BCUT2D eigenvalue weighted by molar-refractivity contribution is 0.408. The van der Waals surface area contributed by atoms with Crippen molar-refractivity contribution in [3.8, 4) is 5.75 Å². The molecule has 0 fully saturated rings. The third-order valence-electron chi connectivity index (χ3n) is 2.94. The number of methoxy groups -OCH3 is 1. The summed E-state index contributed by atoms with van der Waals surface area (Å²) in [5.74, 6) is 1.46. The van der Waals surface area contributed by atoms with Gasteiger partial charge in [0.2, 0.25) is 10.0 Å². The molecule has 0 aliphatic rings. The lowest BCUT2D eigenvalue weighted by atomic mass is 10.2. The quantitative estimate of drug-likeness (QED) is 0.785. The van der Waals surface area contributed by atoms with Gasteiger partial charge in [-0.3, -0.25) is 0 Å². The maximum atomic E-state index is 12.4. The number of sulfonamides is 1. The Morgan fingerprint density at radius 3 is 2.65 bits per heavy atom. The van der Waals surface area contributed by atoms with Crippen LogP contribution in [0.25, 0.3) is 0 Å². The van der Waals surface area contributed by atoms with Crippen molar-refractivity contribution in [3.05, 3.63) is 23.8 Å². The van der Waals surface area contributed by atoms with Gasteiger partial charge in [0.25, 0.3) is 0 Å². The standard InChI is InChI=1S/C13H22N2O3S2/c1-14-10-11-9-12(5-6-13(11)18-3)20(16,17)15(2)7-8-19-4/h5-6,9,14H,7-8,10H2,1-4H3. The summed E-state index contributed by atoms with van der Waals surface area (Å²) in [5.41, 5.74) is 0.828. The van der Waals surface area contributed by atoms with Crippen LogP contribution < -0.4 is 10.1 Å². The van der Waals surface area contributed by atoms with Gasteiger partial charge < -0.3 is 10.1 Å². The van der Waals surface area contributed by atoms with E-state index in [9.17, 15) is 8.42 Å². The zero-order valence-electron chi connectivity index (χ0n) is 12.3. The molecule has 1 aromatic carbocycles. The van der Waals surface area contributed by atoms with Crippen LogP contribution in [0.15, 0.2) is 23.1 Å².